The lowest BCUT2D eigenvalue weighted by Crippen LogP contribution is -2.37. The molecule has 2 amide bonds. The minimum absolute atomic E-state index is 0.0927. The Hall–Kier alpha value is -2.35. The van der Waals surface area contributed by atoms with Crippen molar-refractivity contribution in [2.75, 3.05) is 6.54 Å². The van der Waals surface area contributed by atoms with Crippen LogP contribution in [0.3, 0.4) is 0 Å². The molecule has 1 aromatic heterocycles. The highest BCUT2D eigenvalue weighted by Gasteiger charge is 2.14. The number of hydrogen-bond donors (Lipinski definition) is 2. The number of benzene rings is 1. The lowest BCUT2D eigenvalue weighted by Gasteiger charge is -2.11. The van der Waals surface area contributed by atoms with Gasteiger partial charge < -0.3 is 15.2 Å². The highest BCUT2D eigenvalue weighted by atomic mass is 35.5. The van der Waals surface area contributed by atoms with Crippen molar-refractivity contribution >= 4 is 35.2 Å². The maximum absolute atomic E-state index is 11.6. The van der Waals surface area contributed by atoms with Gasteiger partial charge in [-0.2, -0.15) is 0 Å². The van der Waals surface area contributed by atoms with Crippen molar-refractivity contribution < 1.29 is 19.1 Å². The number of imide groups is 1. The average Bonchev–Trinajstić information content (AvgIpc) is 2.55. The number of carbonyl (C=O) groups excluding carboxylic acids is 2. The molecule has 0 aliphatic heterocycles. The van der Waals surface area contributed by atoms with Gasteiger partial charge in [0, 0.05) is 21.8 Å². The maximum atomic E-state index is 11.6. The fraction of sp³-hybridized carbons (Fsp3) is 0.133. The average molecular weight is 370 g/mol. The summed E-state index contributed by atoms with van der Waals surface area (Å²) in [5, 5.41) is 2.89. The summed E-state index contributed by atoms with van der Waals surface area (Å²) in [4.78, 5) is 26.5. The van der Waals surface area contributed by atoms with E-state index in [0.717, 1.165) is 0 Å². The molecule has 0 atom stereocenters. The first-order valence-electron chi connectivity index (χ1n) is 6.73. The monoisotopic (exact) mass is 369 g/mol. The zero-order valence-corrected chi connectivity index (χ0v) is 13.8. The molecular weight excluding hydrogens is 357 g/mol. The van der Waals surface area contributed by atoms with Crippen LogP contribution in [-0.2, 0) is 11.4 Å². The number of ether oxygens (including phenoxy) is 2. The third kappa shape index (κ3) is 5.09. The van der Waals surface area contributed by atoms with Gasteiger partial charge in [-0.15, -0.1) is 0 Å². The predicted octanol–water partition coefficient (Wildman–Crippen LogP) is 2.54. The molecule has 2 rings (SSSR count). The Kier molecular flexibility index (Phi) is 6.36. The topological polar surface area (TPSA) is 104 Å². The lowest BCUT2D eigenvalue weighted by atomic mass is 10.2. The molecule has 7 nitrogen and oxygen atoms in total. The largest absolute Gasteiger partial charge is 0.483 e. The van der Waals surface area contributed by atoms with Crippen molar-refractivity contribution in [3.05, 3.63) is 52.1 Å². The van der Waals surface area contributed by atoms with Gasteiger partial charge in [0.15, 0.2) is 5.75 Å². The SMILES string of the molecule is NCC(=O)NC(=O)Oc1ncccc1OCc1ccc(Cl)cc1Cl. The summed E-state index contributed by atoms with van der Waals surface area (Å²) in [6.07, 6.45) is 0.411. The molecule has 0 bridgehead atoms. The van der Waals surface area contributed by atoms with E-state index in [-0.39, 0.29) is 24.8 Å². The van der Waals surface area contributed by atoms with E-state index in [4.69, 9.17) is 38.4 Å². The summed E-state index contributed by atoms with van der Waals surface area (Å²) < 4.78 is 10.5. The number of pyridine rings is 1. The van der Waals surface area contributed by atoms with Crippen LogP contribution in [0.15, 0.2) is 36.5 Å². The molecule has 0 aliphatic rings. The number of nitrogens with one attached hydrogen (secondary N) is 1. The second kappa shape index (κ2) is 8.49. The standard InChI is InChI=1S/C15H13Cl2N3O4/c16-10-4-3-9(11(17)6-10)8-23-12-2-1-5-19-14(12)24-15(22)20-13(21)7-18/h1-6H,7-8,18H2,(H,20,21,22). The highest BCUT2D eigenvalue weighted by Crippen LogP contribution is 2.27. The van der Waals surface area contributed by atoms with Crippen LogP contribution in [0.2, 0.25) is 10.0 Å². The molecule has 0 radical (unpaired) electrons. The number of rotatable bonds is 5. The van der Waals surface area contributed by atoms with E-state index < -0.39 is 12.0 Å². The molecule has 1 aromatic carbocycles. The van der Waals surface area contributed by atoms with Crippen LogP contribution in [0.25, 0.3) is 0 Å². The molecular formula is C15H13Cl2N3O4. The Labute approximate surface area is 147 Å². The molecule has 2 aromatic rings. The van der Waals surface area contributed by atoms with Gasteiger partial charge in [0.2, 0.25) is 5.91 Å². The van der Waals surface area contributed by atoms with Crippen LogP contribution in [0, 0.1) is 0 Å². The molecule has 1 heterocycles. The van der Waals surface area contributed by atoms with Gasteiger partial charge >= 0.3 is 6.09 Å². The molecule has 126 valence electrons. The number of carbonyl (C=O) groups is 2. The van der Waals surface area contributed by atoms with Crippen molar-refractivity contribution in [2.45, 2.75) is 6.61 Å². The van der Waals surface area contributed by atoms with E-state index in [0.29, 0.717) is 15.6 Å². The van der Waals surface area contributed by atoms with Crippen molar-refractivity contribution in [3.8, 4) is 11.6 Å². The maximum Gasteiger partial charge on any atom is 0.420 e. The minimum atomic E-state index is -1.00. The summed E-state index contributed by atoms with van der Waals surface area (Å²) in [5.41, 5.74) is 5.79. The third-order valence-corrected chi connectivity index (χ3v) is 3.34. The Morgan fingerprint density at radius 3 is 2.75 bits per heavy atom. The third-order valence-electron chi connectivity index (χ3n) is 2.75. The number of hydrogen-bond acceptors (Lipinski definition) is 6. The minimum Gasteiger partial charge on any atom is -0.483 e. The van der Waals surface area contributed by atoms with Crippen LogP contribution >= 0.6 is 23.2 Å². The first kappa shape index (κ1) is 18.0. The van der Waals surface area contributed by atoms with E-state index in [2.05, 4.69) is 4.98 Å². The first-order chi connectivity index (χ1) is 11.5. The van der Waals surface area contributed by atoms with Gasteiger partial charge in [0.25, 0.3) is 5.88 Å². The Balaban J connectivity index is 2.05. The molecule has 0 spiro atoms. The van der Waals surface area contributed by atoms with Gasteiger partial charge in [-0.05, 0) is 24.3 Å². The first-order valence-corrected chi connectivity index (χ1v) is 7.48. The number of amides is 2. The van der Waals surface area contributed by atoms with Gasteiger partial charge in [0.1, 0.15) is 6.61 Å². The molecule has 0 fully saturated rings. The molecule has 9 heteroatoms. The number of nitrogens with zero attached hydrogens (tertiary/aromatic N) is 1. The van der Waals surface area contributed by atoms with Crippen LogP contribution < -0.4 is 20.5 Å². The van der Waals surface area contributed by atoms with Crippen LogP contribution in [0.1, 0.15) is 5.56 Å². The Morgan fingerprint density at radius 1 is 1.25 bits per heavy atom. The fourth-order valence-electron chi connectivity index (χ4n) is 1.63. The van der Waals surface area contributed by atoms with Crippen LogP contribution in [0.4, 0.5) is 4.79 Å². The predicted molar refractivity (Wildman–Crippen MR) is 88.3 cm³/mol. The van der Waals surface area contributed by atoms with E-state index in [9.17, 15) is 9.59 Å². The normalized spacial score (nSPS) is 10.1. The van der Waals surface area contributed by atoms with Gasteiger partial charge in [-0.25, -0.2) is 9.78 Å². The Bertz CT molecular complexity index is 755. The van der Waals surface area contributed by atoms with Gasteiger partial charge in [0.05, 0.1) is 6.54 Å². The molecule has 3 N–H and O–H groups in total. The molecule has 24 heavy (non-hydrogen) atoms. The zero-order chi connectivity index (χ0) is 17.5. The van der Waals surface area contributed by atoms with Crippen molar-refractivity contribution in [2.24, 2.45) is 5.73 Å². The second-order valence-corrected chi connectivity index (χ2v) is 5.32. The zero-order valence-electron chi connectivity index (χ0n) is 12.3. The molecule has 0 unspecified atom stereocenters. The fourth-order valence-corrected chi connectivity index (χ4v) is 2.10. The van der Waals surface area contributed by atoms with E-state index >= 15 is 0 Å². The number of aromatic nitrogens is 1. The summed E-state index contributed by atoms with van der Waals surface area (Å²) in [7, 11) is 0. The van der Waals surface area contributed by atoms with E-state index in [1.165, 1.54) is 6.20 Å². The quantitative estimate of drug-likeness (QED) is 0.838. The summed E-state index contributed by atoms with van der Waals surface area (Å²) in [5.74, 6) is -0.560. The van der Waals surface area contributed by atoms with Gasteiger partial charge in [-0.1, -0.05) is 29.3 Å². The highest BCUT2D eigenvalue weighted by molar-refractivity contribution is 6.35. The summed E-state index contributed by atoms with van der Waals surface area (Å²) in [6, 6.07) is 8.15. The van der Waals surface area contributed by atoms with E-state index in [1.807, 2.05) is 5.32 Å². The van der Waals surface area contributed by atoms with Crippen LogP contribution in [-0.4, -0.2) is 23.5 Å². The van der Waals surface area contributed by atoms with Crippen molar-refractivity contribution in [1.82, 2.24) is 10.3 Å². The molecule has 0 saturated heterocycles. The Morgan fingerprint density at radius 2 is 2.04 bits per heavy atom. The number of nitrogens with two attached hydrogens (primary N) is 1. The summed E-state index contributed by atoms with van der Waals surface area (Å²) in [6.45, 7) is -0.225. The smallest absolute Gasteiger partial charge is 0.420 e. The van der Waals surface area contributed by atoms with Crippen LogP contribution in [0.5, 0.6) is 11.6 Å². The molecule has 0 saturated carbocycles. The van der Waals surface area contributed by atoms with E-state index in [1.54, 1.807) is 30.3 Å². The summed E-state index contributed by atoms with van der Waals surface area (Å²) >= 11 is 11.9. The lowest BCUT2D eigenvalue weighted by molar-refractivity contribution is -0.118. The van der Waals surface area contributed by atoms with Crippen molar-refractivity contribution in [3.63, 3.8) is 0 Å². The van der Waals surface area contributed by atoms with Gasteiger partial charge in [-0.3, -0.25) is 10.1 Å². The molecule has 0 aliphatic carbocycles. The second-order valence-electron chi connectivity index (χ2n) is 4.47. The number of halogens is 2. The van der Waals surface area contributed by atoms with Crippen molar-refractivity contribution in [1.29, 1.82) is 0 Å².